The van der Waals surface area contributed by atoms with Gasteiger partial charge >= 0.3 is 0 Å². The number of nitrogens with one attached hydrogen (secondary N) is 3. The summed E-state index contributed by atoms with van der Waals surface area (Å²) in [7, 11) is -3.72. The van der Waals surface area contributed by atoms with E-state index < -0.39 is 9.84 Å². The van der Waals surface area contributed by atoms with Gasteiger partial charge in [0.15, 0.2) is 0 Å². The van der Waals surface area contributed by atoms with Gasteiger partial charge in [0.1, 0.15) is 5.75 Å². The number of fused-ring (bicyclic) bond motifs is 1. The Morgan fingerprint density at radius 3 is 2.65 bits per heavy atom. The number of ether oxygens (including phenoxy) is 1. The molecule has 2 saturated heterocycles. The molecule has 2 aromatic rings. The summed E-state index contributed by atoms with van der Waals surface area (Å²) < 4.78 is 31.7. The summed E-state index contributed by atoms with van der Waals surface area (Å²) in [6.45, 7) is 4.89. The average molecular weight is 506 g/mol. The zero-order chi connectivity index (χ0) is 24.1. The molecule has 3 atom stereocenters. The van der Waals surface area contributed by atoms with Crippen molar-refractivity contribution in [1.82, 2.24) is 16.0 Å². The molecule has 2 heterocycles. The van der Waals surface area contributed by atoms with Crippen LogP contribution >= 0.6 is 11.6 Å². The molecule has 0 radical (unpaired) electrons. The zero-order valence-corrected chi connectivity index (χ0v) is 20.9. The Hall–Kier alpha value is -2.13. The molecule has 0 spiro atoms. The van der Waals surface area contributed by atoms with E-state index in [9.17, 15) is 13.2 Å². The molecule has 0 aliphatic carbocycles. The van der Waals surface area contributed by atoms with Gasteiger partial charge in [0.05, 0.1) is 27.5 Å². The van der Waals surface area contributed by atoms with Gasteiger partial charge in [0, 0.05) is 12.6 Å². The van der Waals surface area contributed by atoms with Crippen LogP contribution in [0.2, 0.25) is 5.02 Å². The number of carbonyl (C=O) groups is 1. The SMILES string of the molecule is CCCCOc1ccc(S(=O)(=O)c2ccc(CNC(=O)C3CC4CNCCC4N3)cc2)cc1Cl. The molecule has 1 amide bonds. The molecule has 3 N–H and O–H groups in total. The standard InChI is InChI=1S/C25H32ClN3O4S/c1-2-3-12-33-24-9-8-20(14-21(24)26)34(31,32)19-6-4-17(5-7-19)15-28-25(30)23-13-18-16-27-11-10-22(18)29-23/h4-9,14,18,22-23,27,29H,2-3,10-13,15-16H2,1H3,(H,28,30). The fourth-order valence-electron chi connectivity index (χ4n) is 4.53. The monoisotopic (exact) mass is 505 g/mol. The quantitative estimate of drug-likeness (QED) is 0.452. The number of unbranched alkanes of at least 4 members (excludes halogenated alkanes) is 1. The molecule has 0 aromatic heterocycles. The summed E-state index contributed by atoms with van der Waals surface area (Å²) >= 11 is 6.25. The van der Waals surface area contributed by atoms with Gasteiger partial charge in [0.25, 0.3) is 0 Å². The van der Waals surface area contributed by atoms with Crippen LogP contribution in [0.1, 0.15) is 38.2 Å². The smallest absolute Gasteiger partial charge is 0.237 e. The highest BCUT2D eigenvalue weighted by molar-refractivity contribution is 7.91. The molecule has 2 aliphatic rings. The summed E-state index contributed by atoms with van der Waals surface area (Å²) in [6.07, 6.45) is 3.79. The van der Waals surface area contributed by atoms with E-state index in [1.165, 1.54) is 12.1 Å². The molecule has 7 nitrogen and oxygen atoms in total. The van der Waals surface area contributed by atoms with Crippen molar-refractivity contribution in [1.29, 1.82) is 0 Å². The fourth-order valence-corrected chi connectivity index (χ4v) is 6.12. The van der Waals surface area contributed by atoms with Crippen molar-refractivity contribution in [3.05, 3.63) is 53.1 Å². The highest BCUT2D eigenvalue weighted by Gasteiger charge is 2.38. The highest BCUT2D eigenvalue weighted by Crippen LogP contribution is 2.30. The van der Waals surface area contributed by atoms with E-state index in [4.69, 9.17) is 16.3 Å². The Kier molecular flexibility index (Phi) is 8.14. The largest absolute Gasteiger partial charge is 0.492 e. The van der Waals surface area contributed by atoms with Gasteiger partial charge in [-0.1, -0.05) is 37.1 Å². The van der Waals surface area contributed by atoms with Gasteiger partial charge in [-0.05, 0) is 74.2 Å². The molecule has 0 saturated carbocycles. The summed E-state index contributed by atoms with van der Waals surface area (Å²) in [5.41, 5.74) is 0.835. The first-order valence-corrected chi connectivity index (χ1v) is 13.8. The first kappa shape index (κ1) is 25.0. The van der Waals surface area contributed by atoms with Crippen molar-refractivity contribution in [2.45, 2.75) is 61.0 Å². The average Bonchev–Trinajstić information content (AvgIpc) is 3.28. The lowest BCUT2D eigenvalue weighted by molar-refractivity contribution is -0.123. The molecular weight excluding hydrogens is 474 g/mol. The molecule has 34 heavy (non-hydrogen) atoms. The third-order valence-corrected chi connectivity index (χ3v) is 8.61. The predicted molar refractivity (Wildman–Crippen MR) is 132 cm³/mol. The lowest BCUT2D eigenvalue weighted by Crippen LogP contribution is -2.45. The molecular formula is C25H32ClN3O4S. The summed E-state index contributed by atoms with van der Waals surface area (Å²) in [6, 6.07) is 11.3. The number of piperidine rings is 1. The van der Waals surface area contributed by atoms with E-state index in [0.29, 0.717) is 30.9 Å². The topological polar surface area (TPSA) is 96.5 Å². The van der Waals surface area contributed by atoms with E-state index in [1.54, 1.807) is 30.3 Å². The third kappa shape index (κ3) is 5.74. The maximum absolute atomic E-state index is 13.1. The van der Waals surface area contributed by atoms with E-state index in [1.807, 2.05) is 0 Å². The van der Waals surface area contributed by atoms with Crippen molar-refractivity contribution in [2.24, 2.45) is 5.92 Å². The minimum Gasteiger partial charge on any atom is -0.492 e. The van der Waals surface area contributed by atoms with Crippen LogP contribution in [0.15, 0.2) is 52.3 Å². The van der Waals surface area contributed by atoms with Crippen molar-refractivity contribution in [2.75, 3.05) is 19.7 Å². The first-order valence-electron chi connectivity index (χ1n) is 11.9. The molecule has 9 heteroatoms. The van der Waals surface area contributed by atoms with E-state index in [0.717, 1.165) is 44.3 Å². The Morgan fingerprint density at radius 2 is 1.94 bits per heavy atom. The second kappa shape index (κ2) is 11.1. The maximum atomic E-state index is 13.1. The van der Waals surface area contributed by atoms with Crippen molar-refractivity contribution in [3.8, 4) is 5.75 Å². The second-order valence-electron chi connectivity index (χ2n) is 8.97. The van der Waals surface area contributed by atoms with Crippen molar-refractivity contribution < 1.29 is 17.9 Å². The Morgan fingerprint density at radius 1 is 1.18 bits per heavy atom. The number of sulfone groups is 1. The lowest BCUT2D eigenvalue weighted by Gasteiger charge is -2.25. The number of halogens is 1. The highest BCUT2D eigenvalue weighted by atomic mass is 35.5. The molecule has 3 unspecified atom stereocenters. The fraction of sp³-hybridized carbons (Fsp3) is 0.480. The van der Waals surface area contributed by atoms with Crippen LogP contribution in [0.3, 0.4) is 0 Å². The van der Waals surface area contributed by atoms with Crippen LogP contribution in [-0.2, 0) is 21.2 Å². The minimum atomic E-state index is -3.72. The van der Waals surface area contributed by atoms with Crippen LogP contribution in [0.5, 0.6) is 5.75 Å². The second-order valence-corrected chi connectivity index (χ2v) is 11.3. The lowest BCUT2D eigenvalue weighted by atomic mass is 9.94. The molecule has 2 aliphatic heterocycles. The number of rotatable bonds is 9. The van der Waals surface area contributed by atoms with Crippen molar-refractivity contribution in [3.63, 3.8) is 0 Å². The van der Waals surface area contributed by atoms with Crippen molar-refractivity contribution >= 4 is 27.3 Å². The molecule has 184 valence electrons. The number of amides is 1. The zero-order valence-electron chi connectivity index (χ0n) is 19.3. The Balaban J connectivity index is 1.35. The predicted octanol–water partition coefficient (Wildman–Crippen LogP) is 3.31. The van der Waals surface area contributed by atoms with E-state index >= 15 is 0 Å². The summed E-state index contributed by atoms with van der Waals surface area (Å²) in [5.74, 6) is 0.967. The van der Waals surface area contributed by atoms with Gasteiger partial charge in [0.2, 0.25) is 15.7 Å². The minimum absolute atomic E-state index is 0.0121. The van der Waals surface area contributed by atoms with Gasteiger partial charge in [-0.3, -0.25) is 4.79 Å². The van der Waals surface area contributed by atoms with Gasteiger partial charge in [-0.25, -0.2) is 8.42 Å². The summed E-state index contributed by atoms with van der Waals surface area (Å²) in [4.78, 5) is 12.9. The number of benzene rings is 2. The normalized spacial score (nSPS) is 22.2. The molecule has 0 bridgehead atoms. The molecule has 2 aromatic carbocycles. The van der Waals surface area contributed by atoms with E-state index in [2.05, 4.69) is 22.9 Å². The first-order chi connectivity index (χ1) is 16.4. The van der Waals surface area contributed by atoms with Gasteiger partial charge in [-0.15, -0.1) is 0 Å². The van der Waals surface area contributed by atoms with Gasteiger partial charge in [-0.2, -0.15) is 0 Å². The van der Waals surface area contributed by atoms with Crippen LogP contribution < -0.4 is 20.7 Å². The summed E-state index contributed by atoms with van der Waals surface area (Å²) in [5, 5.41) is 10.1. The Labute approximate surface area is 206 Å². The number of hydrogen-bond donors (Lipinski definition) is 3. The third-order valence-electron chi connectivity index (χ3n) is 6.55. The number of carbonyl (C=O) groups excluding carboxylic acids is 1. The maximum Gasteiger partial charge on any atom is 0.237 e. The van der Waals surface area contributed by atoms with Crippen LogP contribution in [0.25, 0.3) is 0 Å². The van der Waals surface area contributed by atoms with Crippen LogP contribution in [0, 0.1) is 5.92 Å². The Bertz CT molecular complexity index is 1090. The van der Waals surface area contributed by atoms with Gasteiger partial charge < -0.3 is 20.7 Å². The van der Waals surface area contributed by atoms with Crippen LogP contribution in [0.4, 0.5) is 0 Å². The number of hydrogen-bond acceptors (Lipinski definition) is 6. The van der Waals surface area contributed by atoms with Crippen LogP contribution in [-0.4, -0.2) is 46.1 Å². The molecule has 2 fully saturated rings. The molecule has 4 rings (SSSR count). The van der Waals surface area contributed by atoms with E-state index in [-0.39, 0.29) is 26.8 Å².